The van der Waals surface area contributed by atoms with Gasteiger partial charge in [-0.05, 0) is 57.2 Å². The van der Waals surface area contributed by atoms with Gasteiger partial charge in [-0.2, -0.15) is 0 Å². The molecule has 0 radical (unpaired) electrons. The van der Waals surface area contributed by atoms with Crippen molar-refractivity contribution >= 4 is 45.0 Å². The van der Waals surface area contributed by atoms with Crippen LogP contribution in [-0.4, -0.2) is 78.3 Å². The van der Waals surface area contributed by atoms with E-state index in [1.807, 2.05) is 33.1 Å². The number of carboxylic acid groups (broad SMARTS) is 1. The van der Waals surface area contributed by atoms with Crippen molar-refractivity contribution in [1.82, 2.24) is 15.2 Å². The number of aliphatic imine (C=N–C) groups is 1. The van der Waals surface area contributed by atoms with Crippen molar-refractivity contribution in [2.45, 2.75) is 72.8 Å². The summed E-state index contributed by atoms with van der Waals surface area (Å²) in [4.78, 5) is 35.0. The van der Waals surface area contributed by atoms with E-state index in [0.29, 0.717) is 31.2 Å². The van der Waals surface area contributed by atoms with Crippen LogP contribution in [0.1, 0.15) is 71.7 Å². The number of aromatic nitrogens is 1. The summed E-state index contributed by atoms with van der Waals surface area (Å²) in [5.74, 6) is -0.538. The number of aliphatic carboxylic acids is 1. The first kappa shape index (κ1) is 37.5. The standard InChI is InChI=1S/C22H30N4O5S.C6H4BrF.2C2H6/c1-2-30-20(27)16-12-24-18(19-23-8-11-32-19)25-17(16)14-26-9-10-31-15(13-26)4-3-5-22(6-7-22)21(28)29;7-5-2-1-3-6(8)4-5;2*1-2/h8,11,15H,2-7,9-10,12-14H2,1H3,(H,24,25)(H,28,29);1-4H;2*1-2H3/t15-;;;/m1.../s1. The average Bonchev–Trinajstić information content (AvgIpc) is 3.62. The molecule has 0 amide bonds. The van der Waals surface area contributed by atoms with E-state index in [1.54, 1.807) is 25.3 Å². The molecule has 0 bridgehead atoms. The Morgan fingerprint density at radius 2 is 2.02 bits per heavy atom. The van der Waals surface area contributed by atoms with Gasteiger partial charge < -0.3 is 19.9 Å². The number of carbonyl (C=O) groups excluding carboxylic acids is 1. The van der Waals surface area contributed by atoms with Gasteiger partial charge >= 0.3 is 11.9 Å². The van der Waals surface area contributed by atoms with Crippen LogP contribution in [0.5, 0.6) is 0 Å². The van der Waals surface area contributed by atoms with E-state index in [-0.39, 0.29) is 24.4 Å². The third-order valence-corrected chi connectivity index (χ3v) is 8.34. The maximum atomic E-state index is 12.5. The second-order valence-corrected chi connectivity index (χ2v) is 11.8. The first-order valence-corrected chi connectivity index (χ1v) is 17.1. The van der Waals surface area contributed by atoms with Gasteiger partial charge in [-0.1, -0.05) is 49.7 Å². The quantitative estimate of drug-likeness (QED) is 0.264. The van der Waals surface area contributed by atoms with E-state index in [0.717, 1.165) is 60.4 Å². The predicted molar refractivity (Wildman–Crippen MR) is 176 cm³/mol. The number of hydrogen-bond donors (Lipinski definition) is 2. The average molecular weight is 698 g/mol. The molecular weight excluding hydrogens is 651 g/mol. The smallest absolute Gasteiger partial charge is 0.337 e. The van der Waals surface area contributed by atoms with Crippen LogP contribution in [-0.2, 0) is 19.1 Å². The number of nitrogens with zero attached hydrogens (tertiary/aromatic N) is 3. The van der Waals surface area contributed by atoms with Crippen molar-refractivity contribution in [3.05, 3.63) is 62.4 Å². The summed E-state index contributed by atoms with van der Waals surface area (Å²) in [6, 6.07) is 6.26. The molecule has 244 valence electrons. The highest BCUT2D eigenvalue weighted by atomic mass is 79.9. The number of amidine groups is 1. The van der Waals surface area contributed by atoms with Gasteiger partial charge in [0.15, 0.2) is 10.8 Å². The van der Waals surface area contributed by atoms with Gasteiger partial charge in [-0.3, -0.25) is 14.7 Å². The summed E-state index contributed by atoms with van der Waals surface area (Å²) < 4.78 is 24.1. The normalized spacial score (nSPS) is 18.5. The molecule has 1 atom stereocenters. The maximum absolute atomic E-state index is 12.5. The Hall–Kier alpha value is -2.67. The fraction of sp³-hybridized carbons (Fsp3) is 0.562. The molecule has 0 unspecified atom stereocenters. The number of carbonyl (C=O) groups is 2. The van der Waals surface area contributed by atoms with Crippen LogP contribution in [0.15, 0.2) is 56.6 Å². The van der Waals surface area contributed by atoms with E-state index >= 15 is 0 Å². The Bertz CT molecular complexity index is 1220. The Morgan fingerprint density at radius 1 is 1.27 bits per heavy atom. The Kier molecular flexibility index (Phi) is 16.8. The number of rotatable bonds is 10. The number of benzene rings is 1. The number of hydrogen-bond acceptors (Lipinski definition) is 9. The van der Waals surface area contributed by atoms with Gasteiger partial charge in [0.05, 0.1) is 36.9 Å². The van der Waals surface area contributed by atoms with Crippen LogP contribution in [0, 0.1) is 11.2 Å². The molecule has 2 aliphatic heterocycles. The molecule has 1 aromatic carbocycles. The van der Waals surface area contributed by atoms with Crippen LogP contribution < -0.4 is 5.32 Å². The van der Waals surface area contributed by atoms with Crippen molar-refractivity contribution in [3.63, 3.8) is 0 Å². The maximum Gasteiger partial charge on any atom is 0.337 e. The second-order valence-electron chi connectivity index (χ2n) is 9.95. The number of thiazole rings is 1. The minimum Gasteiger partial charge on any atom is -0.481 e. The lowest BCUT2D eigenvalue weighted by molar-refractivity contribution is -0.143. The minimum absolute atomic E-state index is 0.0654. The van der Waals surface area contributed by atoms with Gasteiger partial charge in [0, 0.05) is 41.4 Å². The van der Waals surface area contributed by atoms with Crippen LogP contribution in [0.3, 0.4) is 0 Å². The number of ether oxygens (including phenoxy) is 2. The van der Waals surface area contributed by atoms with Crippen molar-refractivity contribution in [3.8, 4) is 0 Å². The van der Waals surface area contributed by atoms with E-state index in [4.69, 9.17) is 9.47 Å². The van der Waals surface area contributed by atoms with Gasteiger partial charge in [-0.15, -0.1) is 11.3 Å². The van der Waals surface area contributed by atoms with Crippen molar-refractivity contribution < 1.29 is 28.6 Å². The number of esters is 1. The van der Waals surface area contributed by atoms with Crippen molar-refractivity contribution in [2.75, 3.05) is 39.4 Å². The van der Waals surface area contributed by atoms with E-state index in [9.17, 15) is 19.1 Å². The molecule has 2 fully saturated rings. The zero-order chi connectivity index (χ0) is 32.5. The van der Waals surface area contributed by atoms with Crippen LogP contribution in [0.25, 0.3) is 0 Å². The molecule has 9 nitrogen and oxygen atoms in total. The van der Waals surface area contributed by atoms with Crippen LogP contribution in [0.2, 0.25) is 0 Å². The predicted octanol–water partition coefficient (Wildman–Crippen LogP) is 6.69. The number of halogens is 2. The molecule has 1 aromatic heterocycles. The van der Waals surface area contributed by atoms with Crippen LogP contribution in [0.4, 0.5) is 4.39 Å². The Labute approximate surface area is 273 Å². The largest absolute Gasteiger partial charge is 0.481 e. The zero-order valence-corrected chi connectivity index (χ0v) is 28.8. The Morgan fingerprint density at radius 3 is 2.59 bits per heavy atom. The number of carboxylic acids is 1. The fourth-order valence-corrected chi connectivity index (χ4v) is 5.66. The van der Waals surface area contributed by atoms with Crippen molar-refractivity contribution in [1.29, 1.82) is 0 Å². The summed E-state index contributed by atoms with van der Waals surface area (Å²) in [7, 11) is 0. The molecule has 0 spiro atoms. The molecule has 1 aliphatic carbocycles. The third-order valence-electron chi connectivity index (χ3n) is 7.07. The topological polar surface area (TPSA) is 113 Å². The highest BCUT2D eigenvalue weighted by Crippen LogP contribution is 2.50. The molecule has 5 rings (SSSR count). The molecule has 1 saturated heterocycles. The zero-order valence-electron chi connectivity index (χ0n) is 26.4. The molecule has 2 aromatic rings. The fourth-order valence-electron chi connectivity index (χ4n) is 4.69. The SMILES string of the molecule is CC.CC.CCOC(=O)C1=C(CN2CCO[C@H](CCCC3(C(=O)O)CC3)C2)NC(c2nccs2)=NC1.Fc1cccc(Br)c1. The van der Waals surface area contributed by atoms with Gasteiger partial charge in [-0.25, -0.2) is 14.2 Å². The number of morpholine rings is 1. The monoisotopic (exact) mass is 696 g/mol. The summed E-state index contributed by atoms with van der Waals surface area (Å²) in [5.41, 5.74) is 0.866. The molecule has 1 saturated carbocycles. The van der Waals surface area contributed by atoms with E-state index in [2.05, 4.69) is 36.1 Å². The molecule has 3 heterocycles. The van der Waals surface area contributed by atoms with Crippen LogP contribution >= 0.6 is 27.3 Å². The minimum atomic E-state index is -0.664. The lowest BCUT2D eigenvalue weighted by Gasteiger charge is -2.34. The molecule has 44 heavy (non-hydrogen) atoms. The Balaban J connectivity index is 0.000000478. The molecule has 3 aliphatic rings. The first-order chi connectivity index (χ1) is 21.3. The second kappa shape index (κ2) is 19.7. The number of nitrogens with one attached hydrogen (secondary N) is 1. The van der Waals surface area contributed by atoms with Gasteiger partial charge in [0.2, 0.25) is 0 Å². The first-order valence-electron chi connectivity index (χ1n) is 15.4. The summed E-state index contributed by atoms with van der Waals surface area (Å²) in [5, 5.41) is 15.4. The molecular formula is C32H46BrFN4O5S. The van der Waals surface area contributed by atoms with Gasteiger partial charge in [0.25, 0.3) is 0 Å². The highest BCUT2D eigenvalue weighted by Gasteiger charge is 2.49. The van der Waals surface area contributed by atoms with E-state index < -0.39 is 11.4 Å². The molecule has 12 heteroatoms. The molecule has 2 N–H and O–H groups in total. The summed E-state index contributed by atoms with van der Waals surface area (Å²) >= 11 is 4.62. The summed E-state index contributed by atoms with van der Waals surface area (Å²) in [6.07, 6.45) is 5.79. The van der Waals surface area contributed by atoms with Crippen molar-refractivity contribution in [2.24, 2.45) is 10.4 Å². The van der Waals surface area contributed by atoms with Gasteiger partial charge in [0.1, 0.15) is 5.82 Å². The highest BCUT2D eigenvalue weighted by molar-refractivity contribution is 9.10. The lowest BCUT2D eigenvalue weighted by atomic mass is 9.97. The third kappa shape index (κ3) is 11.7. The lowest BCUT2D eigenvalue weighted by Crippen LogP contribution is -2.46. The van der Waals surface area contributed by atoms with E-state index in [1.165, 1.54) is 23.5 Å². The summed E-state index contributed by atoms with van der Waals surface area (Å²) in [6.45, 7) is 13.1.